The van der Waals surface area contributed by atoms with Crippen LogP contribution in [0.3, 0.4) is 0 Å². The van der Waals surface area contributed by atoms with Crippen molar-refractivity contribution in [2.45, 2.75) is 56.3 Å². The summed E-state index contributed by atoms with van der Waals surface area (Å²) in [7, 11) is 0. The van der Waals surface area contributed by atoms with Crippen LogP contribution in [0.4, 0.5) is 18.4 Å². The van der Waals surface area contributed by atoms with Crippen molar-refractivity contribution >= 4 is 12.1 Å². The number of imide groups is 1. The molecule has 4 rings (SSSR count). The van der Waals surface area contributed by atoms with Crippen LogP contribution in [0, 0.1) is 11.6 Å². The summed E-state index contributed by atoms with van der Waals surface area (Å²) in [6.45, 7) is 1.44. The Bertz CT molecular complexity index is 785. The van der Waals surface area contributed by atoms with Gasteiger partial charge in [-0.3, -0.25) is 4.90 Å². The molecule has 1 saturated carbocycles. The van der Waals surface area contributed by atoms with Gasteiger partial charge in [0.15, 0.2) is 11.6 Å². The average molecular weight is 409 g/mol. The number of nitrogens with zero attached hydrogens (tertiary/aromatic N) is 2. The topological polar surface area (TPSA) is 82.1 Å². The number of urea groups is 1. The fourth-order valence-electron chi connectivity index (χ4n) is 4.52. The van der Waals surface area contributed by atoms with Gasteiger partial charge in [-0.1, -0.05) is 6.07 Å². The maximum atomic E-state index is 13.6. The molecule has 2 unspecified atom stereocenters. The van der Waals surface area contributed by atoms with Crippen LogP contribution in [0.15, 0.2) is 18.2 Å². The number of hydrogen-bond acceptors (Lipinski definition) is 5. The molecule has 158 valence electrons. The standard InChI is InChI=1S/C20H25F2N3O4/c21-16-6-1-12(9-17(16)22)18-11-29-20(28)25(18)19(27)23-13-7-8-24(10-13)14-2-4-15(26)5-3-14/h1,6,9,13-15,18,26H,2-5,7-8,10-11H2,(H,23,27). The Labute approximate surface area is 167 Å². The van der Waals surface area contributed by atoms with E-state index < -0.39 is 29.8 Å². The summed E-state index contributed by atoms with van der Waals surface area (Å²) in [5.41, 5.74) is 0.304. The third-order valence-electron chi connectivity index (χ3n) is 6.15. The summed E-state index contributed by atoms with van der Waals surface area (Å²) in [6, 6.07) is 2.22. The molecule has 2 aliphatic heterocycles. The molecule has 1 aliphatic carbocycles. The van der Waals surface area contributed by atoms with Crippen LogP contribution in [0.25, 0.3) is 0 Å². The highest BCUT2D eigenvalue weighted by Gasteiger charge is 2.41. The van der Waals surface area contributed by atoms with Crippen molar-refractivity contribution in [3.63, 3.8) is 0 Å². The molecule has 0 aromatic heterocycles. The second-order valence-electron chi connectivity index (χ2n) is 8.03. The summed E-state index contributed by atoms with van der Waals surface area (Å²) < 4.78 is 31.8. The molecular weight excluding hydrogens is 384 g/mol. The average Bonchev–Trinajstić information content (AvgIpc) is 3.31. The fraction of sp³-hybridized carbons (Fsp3) is 0.600. The summed E-state index contributed by atoms with van der Waals surface area (Å²) in [5.74, 6) is -2.03. The number of ether oxygens (including phenoxy) is 1. The van der Waals surface area contributed by atoms with Crippen molar-refractivity contribution in [2.24, 2.45) is 0 Å². The molecule has 1 aromatic rings. The largest absolute Gasteiger partial charge is 0.446 e. The van der Waals surface area contributed by atoms with Crippen LogP contribution in [-0.4, -0.2) is 64.9 Å². The number of carbonyl (C=O) groups excluding carboxylic acids is 2. The summed E-state index contributed by atoms with van der Waals surface area (Å²) in [4.78, 5) is 28.1. The van der Waals surface area contributed by atoms with Crippen molar-refractivity contribution < 1.29 is 28.2 Å². The van der Waals surface area contributed by atoms with E-state index in [9.17, 15) is 23.5 Å². The van der Waals surface area contributed by atoms with E-state index >= 15 is 0 Å². The number of benzene rings is 1. The quantitative estimate of drug-likeness (QED) is 0.802. The number of carbonyl (C=O) groups is 2. The first-order valence-corrected chi connectivity index (χ1v) is 10.1. The zero-order chi connectivity index (χ0) is 20.5. The Balaban J connectivity index is 1.38. The zero-order valence-corrected chi connectivity index (χ0v) is 16.0. The minimum Gasteiger partial charge on any atom is -0.446 e. The van der Waals surface area contributed by atoms with E-state index in [-0.39, 0.29) is 18.8 Å². The van der Waals surface area contributed by atoms with Crippen LogP contribution >= 0.6 is 0 Å². The molecule has 0 radical (unpaired) electrons. The van der Waals surface area contributed by atoms with E-state index in [0.29, 0.717) is 18.2 Å². The van der Waals surface area contributed by atoms with Crippen LogP contribution in [0.2, 0.25) is 0 Å². The predicted octanol–water partition coefficient (Wildman–Crippen LogP) is 2.55. The van der Waals surface area contributed by atoms with Crippen LogP contribution in [0.5, 0.6) is 0 Å². The van der Waals surface area contributed by atoms with E-state index in [1.165, 1.54) is 6.07 Å². The van der Waals surface area contributed by atoms with Crippen LogP contribution in [-0.2, 0) is 4.74 Å². The van der Waals surface area contributed by atoms with Gasteiger partial charge in [-0.25, -0.2) is 23.3 Å². The molecule has 3 amide bonds. The monoisotopic (exact) mass is 409 g/mol. The van der Waals surface area contributed by atoms with Gasteiger partial charge in [0, 0.05) is 25.2 Å². The predicted molar refractivity (Wildman–Crippen MR) is 99.1 cm³/mol. The van der Waals surface area contributed by atoms with E-state index in [2.05, 4.69) is 10.2 Å². The van der Waals surface area contributed by atoms with Gasteiger partial charge in [0.2, 0.25) is 0 Å². The van der Waals surface area contributed by atoms with Crippen molar-refractivity contribution in [3.05, 3.63) is 35.4 Å². The smallest absolute Gasteiger partial charge is 0.418 e. The lowest BCUT2D eigenvalue weighted by Gasteiger charge is -2.33. The molecule has 2 saturated heterocycles. The first-order chi connectivity index (χ1) is 13.9. The highest BCUT2D eigenvalue weighted by molar-refractivity contribution is 5.92. The third-order valence-corrected chi connectivity index (χ3v) is 6.15. The molecule has 2 atom stereocenters. The molecule has 2 N–H and O–H groups in total. The lowest BCUT2D eigenvalue weighted by Crippen LogP contribution is -2.47. The van der Waals surface area contributed by atoms with E-state index in [4.69, 9.17) is 4.74 Å². The van der Waals surface area contributed by atoms with Gasteiger partial charge >= 0.3 is 12.1 Å². The summed E-state index contributed by atoms with van der Waals surface area (Å²) >= 11 is 0. The molecule has 0 bridgehead atoms. The minimum absolute atomic E-state index is 0.0987. The van der Waals surface area contributed by atoms with E-state index in [1.54, 1.807) is 0 Å². The highest BCUT2D eigenvalue weighted by atomic mass is 19.2. The van der Waals surface area contributed by atoms with E-state index in [1.807, 2.05) is 0 Å². The lowest BCUT2D eigenvalue weighted by atomic mass is 9.92. The Morgan fingerprint density at radius 3 is 2.62 bits per heavy atom. The second kappa shape index (κ2) is 8.23. The van der Waals surface area contributed by atoms with Crippen molar-refractivity contribution in [2.75, 3.05) is 19.7 Å². The van der Waals surface area contributed by atoms with Gasteiger partial charge in [0.25, 0.3) is 0 Å². The number of aliphatic hydroxyl groups is 1. The summed E-state index contributed by atoms with van der Waals surface area (Å²) in [5, 5.41) is 12.6. The Morgan fingerprint density at radius 1 is 1.14 bits per heavy atom. The van der Waals surface area contributed by atoms with E-state index in [0.717, 1.165) is 55.7 Å². The Morgan fingerprint density at radius 2 is 1.90 bits per heavy atom. The number of aliphatic hydroxyl groups excluding tert-OH is 1. The molecule has 1 aromatic carbocycles. The molecule has 9 heteroatoms. The third kappa shape index (κ3) is 4.20. The number of hydrogen-bond donors (Lipinski definition) is 2. The number of halogens is 2. The van der Waals surface area contributed by atoms with Crippen LogP contribution < -0.4 is 5.32 Å². The first kappa shape index (κ1) is 20.0. The number of cyclic esters (lactones) is 1. The minimum atomic E-state index is -1.04. The Hall–Kier alpha value is -2.26. The molecule has 2 heterocycles. The summed E-state index contributed by atoms with van der Waals surface area (Å²) in [6.07, 6.45) is 3.24. The van der Waals surface area contributed by atoms with Crippen molar-refractivity contribution in [1.82, 2.24) is 15.1 Å². The first-order valence-electron chi connectivity index (χ1n) is 10.1. The molecule has 0 spiro atoms. The van der Waals surface area contributed by atoms with Gasteiger partial charge in [0.1, 0.15) is 12.6 Å². The molecule has 3 fully saturated rings. The molecule has 29 heavy (non-hydrogen) atoms. The highest BCUT2D eigenvalue weighted by Crippen LogP contribution is 2.30. The van der Waals surface area contributed by atoms with Gasteiger partial charge in [-0.15, -0.1) is 0 Å². The van der Waals surface area contributed by atoms with Gasteiger partial charge < -0.3 is 15.2 Å². The molecule has 3 aliphatic rings. The van der Waals surface area contributed by atoms with Crippen molar-refractivity contribution in [3.8, 4) is 0 Å². The maximum Gasteiger partial charge on any atom is 0.418 e. The maximum absolute atomic E-state index is 13.6. The Kier molecular flexibility index (Phi) is 5.69. The number of amides is 3. The normalized spacial score (nSPS) is 30.4. The number of nitrogens with one attached hydrogen (secondary N) is 1. The zero-order valence-electron chi connectivity index (χ0n) is 16.0. The van der Waals surface area contributed by atoms with Gasteiger partial charge in [-0.2, -0.15) is 0 Å². The van der Waals surface area contributed by atoms with Gasteiger partial charge in [-0.05, 0) is 49.8 Å². The fourth-order valence-corrected chi connectivity index (χ4v) is 4.52. The van der Waals surface area contributed by atoms with Crippen LogP contribution in [0.1, 0.15) is 43.7 Å². The SMILES string of the molecule is O=C(NC1CCN(C2CCC(O)CC2)C1)N1C(=O)OCC1c1ccc(F)c(F)c1. The molecule has 7 nitrogen and oxygen atoms in total. The lowest BCUT2D eigenvalue weighted by molar-refractivity contribution is 0.0828. The molecular formula is C20H25F2N3O4. The number of rotatable bonds is 3. The van der Waals surface area contributed by atoms with Gasteiger partial charge in [0.05, 0.1) is 6.10 Å². The number of likely N-dealkylation sites (tertiary alicyclic amines) is 1. The second-order valence-corrected chi connectivity index (χ2v) is 8.03. The van der Waals surface area contributed by atoms with Crippen molar-refractivity contribution in [1.29, 1.82) is 0 Å².